The molecule has 1 aliphatic rings. The summed E-state index contributed by atoms with van der Waals surface area (Å²) < 4.78 is 11.5. The zero-order valence-corrected chi connectivity index (χ0v) is 26.7. The summed E-state index contributed by atoms with van der Waals surface area (Å²) >= 11 is 0. The molecule has 220 valence electrons. The van der Waals surface area contributed by atoms with Crippen LogP contribution in [0.3, 0.4) is 0 Å². The molecule has 0 aliphatic carbocycles. The van der Waals surface area contributed by atoms with Crippen LogP contribution in [0, 0.1) is 11.5 Å². The number of benzene rings is 3. The van der Waals surface area contributed by atoms with Crippen LogP contribution in [0.5, 0.6) is 17.2 Å². The summed E-state index contributed by atoms with van der Waals surface area (Å²) in [4.78, 5) is 8.89. The first kappa shape index (κ1) is 29.2. The number of hydrogen-bond acceptors (Lipinski definition) is 6. The third kappa shape index (κ3) is 5.94. The monoisotopic (exact) mass is 596 g/mol. The minimum absolute atomic E-state index is 0.637. The van der Waals surface area contributed by atoms with Crippen molar-refractivity contribution in [3.63, 3.8) is 0 Å². The quantitative estimate of drug-likeness (QED) is 0.133. The zero-order valence-electron chi connectivity index (χ0n) is 25.7. The minimum Gasteiger partial charge on any atom is -0.495 e. The number of hydrogen-bond donors (Lipinski definition) is 0. The molecule has 6 nitrogen and oxygen atoms in total. The van der Waals surface area contributed by atoms with E-state index in [1.807, 2.05) is 36.4 Å². The molecule has 7 heteroatoms. The Morgan fingerprint density at radius 2 is 1.59 bits per heavy atom. The highest BCUT2D eigenvalue weighted by Gasteiger charge is 2.24. The Labute approximate surface area is 260 Å². The van der Waals surface area contributed by atoms with E-state index >= 15 is 0 Å². The molecule has 3 heterocycles. The maximum absolute atomic E-state index is 6.22. The van der Waals surface area contributed by atoms with E-state index in [1.54, 1.807) is 19.5 Å². The van der Waals surface area contributed by atoms with Crippen LogP contribution in [-0.4, -0.2) is 30.9 Å². The zero-order chi connectivity index (χ0) is 30.5. The Kier molecular flexibility index (Phi) is 8.44. The molecule has 0 atom stereocenters. The SMILES string of the molecule is CC[Si](C#Cc1ccc(C2=NN(c3ccc(Oc4ccnc5cc(OC)cnc45)cc3)Cc3ccccc32)cc1)(CC)CC. The van der Waals surface area contributed by atoms with E-state index in [0.29, 0.717) is 34.8 Å². The average Bonchev–Trinajstić information content (AvgIpc) is 3.09. The summed E-state index contributed by atoms with van der Waals surface area (Å²) in [5, 5.41) is 7.19. The van der Waals surface area contributed by atoms with Crippen molar-refractivity contribution in [1.82, 2.24) is 9.97 Å². The lowest BCUT2D eigenvalue weighted by atomic mass is 9.95. The second-order valence-electron chi connectivity index (χ2n) is 11.0. The van der Waals surface area contributed by atoms with Crippen LogP contribution in [0.2, 0.25) is 18.1 Å². The van der Waals surface area contributed by atoms with Crippen LogP contribution in [0.1, 0.15) is 43.0 Å². The van der Waals surface area contributed by atoms with Gasteiger partial charge >= 0.3 is 0 Å². The molecule has 3 aromatic carbocycles. The lowest BCUT2D eigenvalue weighted by molar-refractivity contribution is 0.413. The van der Waals surface area contributed by atoms with Gasteiger partial charge in [0, 0.05) is 35.0 Å². The Morgan fingerprint density at radius 1 is 0.841 bits per heavy atom. The molecule has 0 saturated heterocycles. The first-order valence-corrected chi connectivity index (χ1v) is 17.8. The standard InChI is InChI=1S/C37H36N4O2Si/c1-5-44(6-2,7-3)23-21-27-12-14-28(15-13-27)36-33-11-9-8-10-29(33)26-41(40-36)30-16-18-31(19-17-30)43-35-20-22-38-34-24-32(42-4)25-39-37(34)35/h8-20,22,24-25H,5-7,26H2,1-4H3. The third-order valence-electron chi connectivity index (χ3n) is 8.59. The van der Waals surface area contributed by atoms with Crippen LogP contribution in [0.4, 0.5) is 5.69 Å². The number of hydrazone groups is 1. The van der Waals surface area contributed by atoms with Gasteiger partial charge in [-0.15, -0.1) is 5.54 Å². The van der Waals surface area contributed by atoms with Gasteiger partial charge in [-0.1, -0.05) is 63.1 Å². The van der Waals surface area contributed by atoms with E-state index in [-0.39, 0.29) is 0 Å². The van der Waals surface area contributed by atoms with Gasteiger partial charge in [-0.05, 0) is 60.1 Å². The Hall–Kier alpha value is -4.93. The molecular weight excluding hydrogens is 561 g/mol. The first-order chi connectivity index (χ1) is 21.5. The predicted molar refractivity (Wildman–Crippen MR) is 181 cm³/mol. The fourth-order valence-corrected chi connectivity index (χ4v) is 7.99. The van der Waals surface area contributed by atoms with Gasteiger partial charge in [0.15, 0.2) is 5.75 Å². The van der Waals surface area contributed by atoms with E-state index in [9.17, 15) is 0 Å². The van der Waals surface area contributed by atoms with Gasteiger partial charge in [0.2, 0.25) is 0 Å². The van der Waals surface area contributed by atoms with Crippen molar-refractivity contribution >= 4 is 30.5 Å². The van der Waals surface area contributed by atoms with E-state index in [4.69, 9.17) is 14.6 Å². The molecule has 0 radical (unpaired) electrons. The van der Waals surface area contributed by atoms with E-state index < -0.39 is 8.07 Å². The normalized spacial score (nSPS) is 12.6. The number of rotatable bonds is 8. The van der Waals surface area contributed by atoms with Crippen molar-refractivity contribution in [3.8, 4) is 28.7 Å². The van der Waals surface area contributed by atoms with Crippen molar-refractivity contribution < 1.29 is 9.47 Å². The van der Waals surface area contributed by atoms with Crippen molar-refractivity contribution in [3.05, 3.63) is 120 Å². The fraction of sp³-hybridized carbons (Fsp3) is 0.216. The summed E-state index contributed by atoms with van der Waals surface area (Å²) in [7, 11) is 0.120. The second-order valence-corrected chi connectivity index (χ2v) is 15.9. The van der Waals surface area contributed by atoms with Gasteiger partial charge in [0.05, 0.1) is 36.8 Å². The molecular formula is C37H36N4O2Si. The van der Waals surface area contributed by atoms with Crippen LogP contribution >= 0.6 is 0 Å². The van der Waals surface area contributed by atoms with Crippen LogP contribution in [0.25, 0.3) is 11.0 Å². The molecule has 5 aromatic rings. The molecule has 0 saturated carbocycles. The van der Waals surface area contributed by atoms with E-state index in [1.165, 1.54) is 23.7 Å². The van der Waals surface area contributed by atoms with Gasteiger partial charge in [0.1, 0.15) is 25.1 Å². The molecule has 0 spiro atoms. The highest BCUT2D eigenvalue weighted by Crippen LogP contribution is 2.32. The van der Waals surface area contributed by atoms with E-state index in [0.717, 1.165) is 28.1 Å². The van der Waals surface area contributed by atoms with E-state index in [2.05, 4.69) is 95.7 Å². The van der Waals surface area contributed by atoms with Gasteiger partial charge in [-0.2, -0.15) is 5.10 Å². The number of ether oxygens (including phenoxy) is 2. The highest BCUT2D eigenvalue weighted by molar-refractivity contribution is 6.87. The highest BCUT2D eigenvalue weighted by atomic mass is 28.3. The van der Waals surface area contributed by atoms with Crippen molar-refractivity contribution in [2.75, 3.05) is 12.1 Å². The molecule has 2 aromatic heterocycles. The Balaban J connectivity index is 1.26. The largest absolute Gasteiger partial charge is 0.495 e. The molecule has 0 bridgehead atoms. The Morgan fingerprint density at radius 3 is 2.32 bits per heavy atom. The van der Waals surface area contributed by atoms with Gasteiger partial charge in [-0.25, -0.2) is 4.98 Å². The molecule has 0 amide bonds. The van der Waals surface area contributed by atoms with Crippen molar-refractivity contribution in [2.24, 2.45) is 5.10 Å². The molecule has 6 rings (SSSR count). The van der Waals surface area contributed by atoms with Crippen molar-refractivity contribution in [1.29, 1.82) is 0 Å². The molecule has 0 unspecified atom stereocenters. The molecule has 0 fully saturated rings. The van der Waals surface area contributed by atoms with Gasteiger partial charge in [-0.3, -0.25) is 9.99 Å². The van der Waals surface area contributed by atoms with Crippen LogP contribution in [-0.2, 0) is 6.54 Å². The Bertz CT molecular complexity index is 1860. The summed E-state index contributed by atoms with van der Waals surface area (Å²) in [6, 6.07) is 32.3. The third-order valence-corrected chi connectivity index (χ3v) is 13.3. The lowest BCUT2D eigenvalue weighted by Gasteiger charge is -2.28. The summed E-state index contributed by atoms with van der Waals surface area (Å²) in [5.41, 5.74) is 11.6. The number of anilines is 1. The van der Waals surface area contributed by atoms with Gasteiger partial charge in [0.25, 0.3) is 0 Å². The average molecular weight is 597 g/mol. The fourth-order valence-electron chi connectivity index (χ4n) is 5.55. The maximum atomic E-state index is 6.22. The smallest absolute Gasteiger partial charge is 0.156 e. The molecule has 44 heavy (non-hydrogen) atoms. The lowest BCUT2D eigenvalue weighted by Crippen LogP contribution is -2.29. The second kappa shape index (κ2) is 12.7. The number of nitrogens with zero attached hydrogens (tertiary/aromatic N) is 4. The molecule has 0 N–H and O–H groups in total. The summed E-state index contributed by atoms with van der Waals surface area (Å²) in [5.74, 6) is 5.50. The van der Waals surface area contributed by atoms with Crippen LogP contribution in [0.15, 0.2) is 102 Å². The number of pyridine rings is 2. The summed E-state index contributed by atoms with van der Waals surface area (Å²) in [6.07, 6.45) is 3.38. The minimum atomic E-state index is -1.49. The summed E-state index contributed by atoms with van der Waals surface area (Å²) in [6.45, 7) is 7.56. The van der Waals surface area contributed by atoms with Crippen LogP contribution < -0.4 is 14.5 Å². The molecule has 1 aliphatic heterocycles. The maximum Gasteiger partial charge on any atom is 0.156 e. The predicted octanol–water partition coefficient (Wildman–Crippen LogP) is 8.60. The number of aromatic nitrogens is 2. The first-order valence-electron chi connectivity index (χ1n) is 15.2. The number of methoxy groups -OCH3 is 1. The van der Waals surface area contributed by atoms with Gasteiger partial charge < -0.3 is 9.47 Å². The number of fused-ring (bicyclic) bond motifs is 2. The topological polar surface area (TPSA) is 59.8 Å². The van der Waals surface area contributed by atoms with Crippen molar-refractivity contribution in [2.45, 2.75) is 45.4 Å².